The molecular formula is C10H13ClO. The summed E-state index contributed by atoms with van der Waals surface area (Å²) in [6.07, 6.45) is 3.39. The zero-order valence-electron chi connectivity index (χ0n) is 7.18. The van der Waals surface area contributed by atoms with Crippen molar-refractivity contribution in [2.24, 2.45) is 0 Å². The predicted octanol–water partition coefficient (Wildman–Crippen LogP) is 3.39. The number of phenolic OH excluding ortho intramolecular Hbond substituents is 1. The molecule has 1 nitrogen and oxygen atoms in total. The third-order valence-corrected chi connectivity index (χ3v) is 2.13. The van der Waals surface area contributed by atoms with E-state index in [4.69, 9.17) is 16.7 Å². The highest BCUT2D eigenvalue weighted by molar-refractivity contribution is 6.32. The van der Waals surface area contributed by atoms with Crippen molar-refractivity contribution in [1.82, 2.24) is 0 Å². The molecule has 0 bridgehead atoms. The molecule has 0 atom stereocenters. The molecule has 0 aliphatic heterocycles. The van der Waals surface area contributed by atoms with E-state index >= 15 is 0 Å². The standard InChI is InChI=1S/C10H13ClO/c1-2-3-4-8-5-6-10(12)9(11)7-8/h5-7,12H,2-4H2,1H3. The molecule has 0 aromatic heterocycles. The van der Waals surface area contributed by atoms with Gasteiger partial charge in [0.25, 0.3) is 0 Å². The zero-order chi connectivity index (χ0) is 8.97. The lowest BCUT2D eigenvalue weighted by Gasteiger charge is -2.01. The number of aryl methyl sites for hydroxylation is 1. The molecule has 0 aliphatic rings. The van der Waals surface area contributed by atoms with Crippen molar-refractivity contribution in [2.75, 3.05) is 0 Å². The van der Waals surface area contributed by atoms with E-state index in [0.717, 1.165) is 6.42 Å². The van der Waals surface area contributed by atoms with Gasteiger partial charge in [0.05, 0.1) is 5.02 Å². The SMILES string of the molecule is CCCCc1ccc(O)c(Cl)c1. The minimum atomic E-state index is 0.164. The average molecular weight is 185 g/mol. The monoisotopic (exact) mass is 184 g/mol. The molecule has 12 heavy (non-hydrogen) atoms. The number of rotatable bonds is 3. The summed E-state index contributed by atoms with van der Waals surface area (Å²) < 4.78 is 0. The van der Waals surface area contributed by atoms with Gasteiger partial charge in [0, 0.05) is 0 Å². The predicted molar refractivity (Wildman–Crippen MR) is 51.7 cm³/mol. The Balaban J connectivity index is 2.69. The average Bonchev–Trinajstić information content (AvgIpc) is 2.07. The lowest BCUT2D eigenvalue weighted by Crippen LogP contribution is -1.83. The third-order valence-electron chi connectivity index (χ3n) is 1.83. The van der Waals surface area contributed by atoms with E-state index < -0.39 is 0 Å². The lowest BCUT2D eigenvalue weighted by molar-refractivity contribution is 0.475. The summed E-state index contributed by atoms with van der Waals surface area (Å²) in [6.45, 7) is 2.15. The molecule has 0 radical (unpaired) electrons. The Morgan fingerprint density at radius 1 is 1.42 bits per heavy atom. The molecule has 0 fully saturated rings. The summed E-state index contributed by atoms with van der Waals surface area (Å²) in [4.78, 5) is 0. The van der Waals surface area contributed by atoms with E-state index in [1.165, 1.54) is 18.4 Å². The molecule has 0 heterocycles. The minimum Gasteiger partial charge on any atom is -0.506 e. The van der Waals surface area contributed by atoms with Gasteiger partial charge >= 0.3 is 0 Å². The van der Waals surface area contributed by atoms with Gasteiger partial charge in [-0.05, 0) is 30.5 Å². The van der Waals surface area contributed by atoms with Crippen molar-refractivity contribution < 1.29 is 5.11 Å². The van der Waals surface area contributed by atoms with Crippen LogP contribution >= 0.6 is 11.6 Å². The van der Waals surface area contributed by atoms with Crippen molar-refractivity contribution in [3.8, 4) is 5.75 Å². The number of halogens is 1. The molecule has 0 saturated carbocycles. The highest BCUT2D eigenvalue weighted by Gasteiger charge is 1.98. The van der Waals surface area contributed by atoms with Crippen molar-refractivity contribution in [3.63, 3.8) is 0 Å². The number of unbranched alkanes of at least 4 members (excludes halogenated alkanes) is 1. The number of hydrogen-bond acceptors (Lipinski definition) is 1. The van der Waals surface area contributed by atoms with Gasteiger partial charge in [0.1, 0.15) is 5.75 Å². The van der Waals surface area contributed by atoms with Gasteiger partial charge in [-0.3, -0.25) is 0 Å². The van der Waals surface area contributed by atoms with Crippen LogP contribution in [0.4, 0.5) is 0 Å². The highest BCUT2D eigenvalue weighted by atomic mass is 35.5. The van der Waals surface area contributed by atoms with Gasteiger partial charge in [0.2, 0.25) is 0 Å². The van der Waals surface area contributed by atoms with Crippen LogP contribution in [0.15, 0.2) is 18.2 Å². The van der Waals surface area contributed by atoms with Crippen LogP contribution in [-0.2, 0) is 6.42 Å². The molecule has 0 amide bonds. The lowest BCUT2D eigenvalue weighted by atomic mass is 10.1. The highest BCUT2D eigenvalue weighted by Crippen LogP contribution is 2.24. The van der Waals surface area contributed by atoms with E-state index in [1.54, 1.807) is 6.07 Å². The van der Waals surface area contributed by atoms with Crippen molar-refractivity contribution in [1.29, 1.82) is 0 Å². The number of phenols is 1. The maximum absolute atomic E-state index is 9.14. The second-order valence-electron chi connectivity index (χ2n) is 2.89. The third kappa shape index (κ3) is 2.42. The van der Waals surface area contributed by atoms with Crippen molar-refractivity contribution >= 4 is 11.6 Å². The minimum absolute atomic E-state index is 0.164. The quantitative estimate of drug-likeness (QED) is 0.764. The Morgan fingerprint density at radius 2 is 2.17 bits per heavy atom. The van der Waals surface area contributed by atoms with Crippen LogP contribution in [-0.4, -0.2) is 5.11 Å². The van der Waals surface area contributed by atoms with Crippen molar-refractivity contribution in [3.05, 3.63) is 28.8 Å². The molecule has 1 aromatic rings. The summed E-state index contributed by atoms with van der Waals surface area (Å²) >= 11 is 5.74. The first-order chi connectivity index (χ1) is 5.74. The van der Waals surface area contributed by atoms with Crippen LogP contribution in [0.2, 0.25) is 5.02 Å². The van der Waals surface area contributed by atoms with E-state index in [9.17, 15) is 0 Å². The van der Waals surface area contributed by atoms with Gasteiger partial charge in [0.15, 0.2) is 0 Å². The van der Waals surface area contributed by atoms with Crippen LogP contribution in [0.3, 0.4) is 0 Å². The zero-order valence-corrected chi connectivity index (χ0v) is 7.93. The molecule has 0 aliphatic carbocycles. The van der Waals surface area contributed by atoms with E-state index in [2.05, 4.69) is 6.92 Å². The summed E-state index contributed by atoms with van der Waals surface area (Å²) in [7, 11) is 0. The molecule has 1 N–H and O–H groups in total. The fourth-order valence-corrected chi connectivity index (χ4v) is 1.29. The summed E-state index contributed by atoms with van der Waals surface area (Å²) in [5.41, 5.74) is 1.19. The van der Waals surface area contributed by atoms with Crippen LogP contribution in [0.5, 0.6) is 5.75 Å². The number of hydrogen-bond donors (Lipinski definition) is 1. The van der Waals surface area contributed by atoms with E-state index in [-0.39, 0.29) is 5.75 Å². The molecule has 0 spiro atoms. The first kappa shape index (κ1) is 9.40. The van der Waals surface area contributed by atoms with Crippen LogP contribution in [0.1, 0.15) is 25.3 Å². The normalized spacial score (nSPS) is 10.2. The van der Waals surface area contributed by atoms with E-state index in [0.29, 0.717) is 5.02 Å². The molecule has 1 aromatic carbocycles. The maximum Gasteiger partial charge on any atom is 0.134 e. The Hall–Kier alpha value is -0.690. The van der Waals surface area contributed by atoms with Crippen molar-refractivity contribution in [2.45, 2.75) is 26.2 Å². The van der Waals surface area contributed by atoms with Crippen LogP contribution in [0, 0.1) is 0 Å². The maximum atomic E-state index is 9.14. The first-order valence-electron chi connectivity index (χ1n) is 4.21. The molecule has 1 rings (SSSR count). The summed E-state index contributed by atoms with van der Waals surface area (Å²) in [6, 6.07) is 5.39. The second-order valence-corrected chi connectivity index (χ2v) is 3.30. The fourth-order valence-electron chi connectivity index (χ4n) is 1.09. The molecular weight excluding hydrogens is 172 g/mol. The van der Waals surface area contributed by atoms with E-state index in [1.807, 2.05) is 12.1 Å². The Kier molecular flexibility index (Phi) is 3.42. The van der Waals surface area contributed by atoms with Gasteiger partial charge in [-0.2, -0.15) is 0 Å². The van der Waals surface area contributed by atoms with Crippen LogP contribution < -0.4 is 0 Å². The number of benzene rings is 1. The fraction of sp³-hybridized carbons (Fsp3) is 0.400. The van der Waals surface area contributed by atoms with Gasteiger partial charge in [-0.25, -0.2) is 0 Å². The summed E-state index contributed by atoms with van der Waals surface area (Å²) in [5, 5.41) is 9.58. The van der Waals surface area contributed by atoms with Gasteiger partial charge < -0.3 is 5.11 Å². The molecule has 66 valence electrons. The molecule has 0 saturated heterocycles. The molecule has 0 unspecified atom stereocenters. The Labute approximate surface area is 78.0 Å². The Bertz CT molecular complexity index is 258. The second kappa shape index (κ2) is 4.36. The Morgan fingerprint density at radius 3 is 2.75 bits per heavy atom. The van der Waals surface area contributed by atoms with Crippen LogP contribution in [0.25, 0.3) is 0 Å². The van der Waals surface area contributed by atoms with Gasteiger partial charge in [-0.15, -0.1) is 0 Å². The largest absolute Gasteiger partial charge is 0.506 e. The smallest absolute Gasteiger partial charge is 0.134 e. The topological polar surface area (TPSA) is 20.2 Å². The first-order valence-corrected chi connectivity index (χ1v) is 4.59. The number of aromatic hydroxyl groups is 1. The molecule has 2 heteroatoms. The van der Waals surface area contributed by atoms with Gasteiger partial charge in [-0.1, -0.05) is 31.0 Å². The summed E-state index contributed by atoms with van der Waals surface area (Å²) in [5.74, 6) is 0.164.